The summed E-state index contributed by atoms with van der Waals surface area (Å²) in [7, 11) is 0. The van der Waals surface area contributed by atoms with E-state index in [1.807, 2.05) is 12.1 Å². The van der Waals surface area contributed by atoms with Gasteiger partial charge >= 0.3 is 0 Å². The van der Waals surface area contributed by atoms with E-state index in [0.29, 0.717) is 18.7 Å². The Bertz CT molecular complexity index is 754. The molecule has 2 aromatic rings. The largest absolute Gasteiger partial charge is 0.488 e. The fourth-order valence-electron chi connectivity index (χ4n) is 2.33. The zero-order chi connectivity index (χ0) is 14.1. The van der Waals surface area contributed by atoms with E-state index < -0.39 is 0 Å². The fourth-order valence-corrected chi connectivity index (χ4v) is 2.33. The van der Waals surface area contributed by atoms with Crippen LogP contribution in [0.3, 0.4) is 0 Å². The zero-order valence-electron chi connectivity index (χ0n) is 10.4. The van der Waals surface area contributed by atoms with Gasteiger partial charge in [-0.1, -0.05) is 0 Å². The van der Waals surface area contributed by atoms with Crippen LogP contribution in [0, 0.1) is 28.5 Å². The summed E-state index contributed by atoms with van der Waals surface area (Å²) in [6.07, 6.45) is 1.82. The Kier molecular flexibility index (Phi) is 2.85. The van der Waals surface area contributed by atoms with Gasteiger partial charge in [0.25, 0.3) is 0 Å². The van der Waals surface area contributed by atoms with Gasteiger partial charge in [0.1, 0.15) is 29.8 Å². The molecule has 0 aliphatic carbocycles. The molecule has 3 rings (SSSR count). The van der Waals surface area contributed by atoms with Gasteiger partial charge in [-0.25, -0.2) is 9.37 Å². The molecule has 6 heteroatoms. The van der Waals surface area contributed by atoms with E-state index in [1.54, 1.807) is 10.6 Å². The molecule has 0 amide bonds. The lowest BCUT2D eigenvalue weighted by Crippen LogP contribution is -2.21. The second kappa shape index (κ2) is 4.67. The summed E-state index contributed by atoms with van der Waals surface area (Å²) in [5, 5.41) is 17.9. The quantitative estimate of drug-likeness (QED) is 0.831. The monoisotopic (exact) mass is 268 g/mol. The van der Waals surface area contributed by atoms with Gasteiger partial charge in [-0.3, -0.25) is 0 Å². The summed E-state index contributed by atoms with van der Waals surface area (Å²) in [6.45, 7) is 0.397. The first-order valence-corrected chi connectivity index (χ1v) is 6.01. The number of hydrogen-bond donors (Lipinski definition) is 0. The number of aromatic nitrogens is 2. The third-order valence-corrected chi connectivity index (χ3v) is 3.21. The van der Waals surface area contributed by atoms with Crippen LogP contribution in [0.1, 0.15) is 17.0 Å². The molecule has 0 radical (unpaired) electrons. The predicted molar refractivity (Wildman–Crippen MR) is 66.2 cm³/mol. The van der Waals surface area contributed by atoms with Gasteiger partial charge in [-0.15, -0.1) is 0 Å². The number of nitrogens with zero attached hydrogens (tertiary/aromatic N) is 4. The highest BCUT2D eigenvalue weighted by atomic mass is 19.1. The average Bonchev–Trinajstić information content (AvgIpc) is 3.01. The number of rotatable bonds is 2. The number of halogens is 1. The van der Waals surface area contributed by atoms with Gasteiger partial charge < -0.3 is 9.30 Å². The zero-order valence-corrected chi connectivity index (χ0v) is 10.4. The third kappa shape index (κ3) is 1.98. The highest BCUT2D eigenvalue weighted by Crippen LogP contribution is 2.30. The molecule has 0 N–H and O–H groups in total. The molecule has 1 aliphatic heterocycles. The fraction of sp³-hybridized carbons (Fsp3) is 0.214. The number of hydrogen-bond acceptors (Lipinski definition) is 4. The van der Waals surface area contributed by atoms with Crippen LogP contribution in [0.4, 0.5) is 4.39 Å². The highest BCUT2D eigenvalue weighted by Gasteiger charge is 2.25. The van der Waals surface area contributed by atoms with Crippen molar-refractivity contribution in [1.82, 2.24) is 9.55 Å². The van der Waals surface area contributed by atoms with E-state index in [2.05, 4.69) is 4.98 Å². The SMILES string of the molecule is N#Cc1ncn(CC2Cc3cc(F)ccc3O2)c1C#N. The third-order valence-electron chi connectivity index (χ3n) is 3.21. The van der Waals surface area contributed by atoms with Crippen molar-refractivity contribution in [3.05, 3.63) is 47.3 Å². The molecule has 5 nitrogen and oxygen atoms in total. The minimum atomic E-state index is -0.292. The topological polar surface area (TPSA) is 74.6 Å². The van der Waals surface area contributed by atoms with Crippen molar-refractivity contribution in [3.63, 3.8) is 0 Å². The first kappa shape index (κ1) is 12.2. The summed E-state index contributed by atoms with van der Waals surface area (Å²) in [5.74, 6) is 0.371. The molecule has 0 bridgehead atoms. The normalized spacial score (nSPS) is 16.1. The van der Waals surface area contributed by atoms with Crippen molar-refractivity contribution in [2.45, 2.75) is 19.1 Å². The molecule has 20 heavy (non-hydrogen) atoms. The molecule has 2 heterocycles. The molecular weight excluding hydrogens is 259 g/mol. The van der Waals surface area contributed by atoms with Crippen molar-refractivity contribution in [1.29, 1.82) is 10.5 Å². The average molecular weight is 268 g/mol. The second-order valence-corrected chi connectivity index (χ2v) is 4.51. The molecule has 0 saturated heterocycles. The molecule has 1 aliphatic rings. The first-order chi connectivity index (χ1) is 9.71. The second-order valence-electron chi connectivity index (χ2n) is 4.51. The minimum absolute atomic E-state index is 0.106. The Balaban J connectivity index is 1.81. The molecule has 0 spiro atoms. The lowest BCUT2D eigenvalue weighted by molar-refractivity contribution is 0.209. The lowest BCUT2D eigenvalue weighted by atomic mass is 10.1. The summed E-state index contributed by atoms with van der Waals surface area (Å²) < 4.78 is 20.4. The Labute approximate surface area is 114 Å². The van der Waals surface area contributed by atoms with Crippen LogP contribution in [0.2, 0.25) is 0 Å². The molecule has 1 atom stereocenters. The van der Waals surface area contributed by atoms with Gasteiger partial charge in [0, 0.05) is 12.0 Å². The summed E-state index contributed by atoms with van der Waals surface area (Å²) in [4.78, 5) is 3.87. The van der Waals surface area contributed by atoms with Crippen LogP contribution >= 0.6 is 0 Å². The van der Waals surface area contributed by atoms with Gasteiger partial charge in [0.2, 0.25) is 0 Å². The van der Waals surface area contributed by atoms with Crippen LogP contribution < -0.4 is 4.74 Å². The van der Waals surface area contributed by atoms with Crippen LogP contribution in [-0.4, -0.2) is 15.7 Å². The van der Waals surface area contributed by atoms with Crippen LogP contribution in [0.15, 0.2) is 24.5 Å². The Morgan fingerprint density at radius 1 is 1.40 bits per heavy atom. The smallest absolute Gasteiger partial charge is 0.176 e. The molecule has 98 valence electrons. The van der Waals surface area contributed by atoms with Gasteiger partial charge in [-0.05, 0) is 18.2 Å². The Morgan fingerprint density at radius 3 is 3.00 bits per heavy atom. The van der Waals surface area contributed by atoms with Gasteiger partial charge in [0.05, 0.1) is 12.9 Å². The lowest BCUT2D eigenvalue weighted by Gasteiger charge is -2.11. The summed E-state index contributed by atoms with van der Waals surface area (Å²) in [6, 6.07) is 8.24. The van der Waals surface area contributed by atoms with E-state index in [4.69, 9.17) is 15.3 Å². The predicted octanol–water partition coefficient (Wildman–Crippen LogP) is 1.77. The van der Waals surface area contributed by atoms with E-state index in [9.17, 15) is 4.39 Å². The molecule has 1 unspecified atom stereocenters. The van der Waals surface area contributed by atoms with Crippen LogP contribution in [0.5, 0.6) is 5.75 Å². The molecule has 0 saturated carbocycles. The van der Waals surface area contributed by atoms with Crippen molar-refractivity contribution in [2.75, 3.05) is 0 Å². The van der Waals surface area contributed by atoms with Crippen molar-refractivity contribution in [2.24, 2.45) is 0 Å². The summed E-state index contributed by atoms with van der Waals surface area (Å²) >= 11 is 0. The maximum atomic E-state index is 13.1. The molecule has 1 aromatic heterocycles. The number of benzene rings is 1. The van der Waals surface area contributed by atoms with Crippen molar-refractivity contribution >= 4 is 0 Å². The first-order valence-electron chi connectivity index (χ1n) is 6.01. The molecular formula is C14H9FN4O. The molecule has 0 fully saturated rings. The standard InChI is InChI=1S/C14H9FN4O/c15-10-1-2-14-9(3-10)4-11(20-14)7-19-8-18-12(5-16)13(19)6-17/h1-3,8,11H,4,7H2. The van der Waals surface area contributed by atoms with Crippen molar-refractivity contribution < 1.29 is 9.13 Å². The van der Waals surface area contributed by atoms with E-state index in [1.165, 1.54) is 18.5 Å². The number of nitriles is 2. The Hall–Kier alpha value is -2.86. The van der Waals surface area contributed by atoms with E-state index in [-0.39, 0.29) is 23.3 Å². The van der Waals surface area contributed by atoms with Crippen LogP contribution in [0.25, 0.3) is 0 Å². The van der Waals surface area contributed by atoms with Crippen molar-refractivity contribution in [3.8, 4) is 17.9 Å². The number of fused-ring (bicyclic) bond motifs is 1. The Morgan fingerprint density at radius 2 is 2.25 bits per heavy atom. The van der Waals surface area contributed by atoms with Gasteiger partial charge in [0.15, 0.2) is 11.4 Å². The number of imidazole rings is 1. The van der Waals surface area contributed by atoms with Gasteiger partial charge in [-0.2, -0.15) is 10.5 Å². The van der Waals surface area contributed by atoms with E-state index >= 15 is 0 Å². The molecule has 1 aromatic carbocycles. The number of ether oxygens (including phenoxy) is 1. The van der Waals surface area contributed by atoms with Crippen LogP contribution in [-0.2, 0) is 13.0 Å². The highest BCUT2D eigenvalue weighted by molar-refractivity contribution is 5.39. The maximum absolute atomic E-state index is 13.1. The maximum Gasteiger partial charge on any atom is 0.176 e. The summed E-state index contributed by atoms with van der Waals surface area (Å²) in [5.41, 5.74) is 1.14. The minimum Gasteiger partial charge on any atom is -0.488 e. The van der Waals surface area contributed by atoms with E-state index in [0.717, 1.165) is 5.56 Å².